The van der Waals surface area contributed by atoms with Crippen LogP contribution in [0.25, 0.3) is 0 Å². The van der Waals surface area contributed by atoms with Crippen LogP contribution in [-0.2, 0) is 13.2 Å². The molecule has 1 aromatic heterocycles. The Balaban J connectivity index is 2.24. The zero-order valence-corrected chi connectivity index (χ0v) is 13.4. The highest BCUT2D eigenvalue weighted by Gasteiger charge is 2.11. The predicted molar refractivity (Wildman–Crippen MR) is 84.6 cm³/mol. The summed E-state index contributed by atoms with van der Waals surface area (Å²) in [6, 6.07) is 5.62. The molecule has 0 atom stereocenters. The van der Waals surface area contributed by atoms with Gasteiger partial charge in [-0.25, -0.2) is 0 Å². The van der Waals surface area contributed by atoms with E-state index in [4.69, 9.17) is 4.74 Å². The number of aryl methyl sites for hydroxylation is 1. The van der Waals surface area contributed by atoms with E-state index in [1.165, 1.54) is 0 Å². The maximum atomic E-state index is 10.1. The molecule has 0 aliphatic carbocycles. The van der Waals surface area contributed by atoms with Crippen molar-refractivity contribution in [3.05, 3.63) is 45.7 Å². The van der Waals surface area contributed by atoms with Crippen LogP contribution >= 0.6 is 15.9 Å². The van der Waals surface area contributed by atoms with E-state index < -0.39 is 0 Å². The Kier molecular flexibility index (Phi) is 5.03. The number of aromatic nitrogens is 1. The van der Waals surface area contributed by atoms with Gasteiger partial charge in [-0.05, 0) is 19.1 Å². The van der Waals surface area contributed by atoms with E-state index in [-0.39, 0.29) is 12.4 Å². The average molecular weight is 353 g/mol. The number of hydrogen-bond donors (Lipinski definition) is 3. The van der Waals surface area contributed by atoms with Gasteiger partial charge < -0.3 is 20.3 Å². The molecule has 21 heavy (non-hydrogen) atoms. The van der Waals surface area contributed by atoms with Crippen LogP contribution in [0.1, 0.15) is 16.8 Å². The van der Waals surface area contributed by atoms with Crippen molar-refractivity contribution in [3.8, 4) is 11.5 Å². The standard InChI is InChI=1S/C15H17BrN2O3/c1-9-15(20)14(10(8-19)6-17-9)7-18-12-3-11(16)4-13(5-12)21-2/h3-6,18-20H,7-8H2,1-2H3. The molecule has 1 aromatic carbocycles. The Morgan fingerprint density at radius 1 is 1.33 bits per heavy atom. The first-order valence-electron chi connectivity index (χ1n) is 6.40. The first-order valence-corrected chi connectivity index (χ1v) is 7.20. The first-order chi connectivity index (χ1) is 10.0. The Bertz CT molecular complexity index is 647. The molecule has 6 heteroatoms. The van der Waals surface area contributed by atoms with Crippen LogP contribution in [0.2, 0.25) is 0 Å². The summed E-state index contributed by atoms with van der Waals surface area (Å²) in [6.07, 6.45) is 1.58. The van der Waals surface area contributed by atoms with Crippen molar-refractivity contribution in [1.82, 2.24) is 4.98 Å². The normalized spacial score (nSPS) is 10.5. The Hall–Kier alpha value is -1.79. The summed E-state index contributed by atoms with van der Waals surface area (Å²) in [4.78, 5) is 4.04. The van der Waals surface area contributed by atoms with Gasteiger partial charge in [0.25, 0.3) is 0 Å². The molecule has 0 fully saturated rings. The van der Waals surface area contributed by atoms with Gasteiger partial charge in [0.15, 0.2) is 0 Å². The van der Waals surface area contributed by atoms with E-state index in [0.717, 1.165) is 15.9 Å². The average Bonchev–Trinajstić information content (AvgIpc) is 2.48. The van der Waals surface area contributed by atoms with Crippen molar-refractivity contribution in [2.45, 2.75) is 20.1 Å². The number of aromatic hydroxyl groups is 1. The highest BCUT2D eigenvalue weighted by Crippen LogP contribution is 2.28. The molecule has 3 N–H and O–H groups in total. The molecule has 0 spiro atoms. The zero-order valence-electron chi connectivity index (χ0n) is 11.9. The third-order valence-electron chi connectivity index (χ3n) is 3.18. The number of anilines is 1. The van der Waals surface area contributed by atoms with Crippen molar-refractivity contribution >= 4 is 21.6 Å². The molecule has 2 rings (SSSR count). The van der Waals surface area contributed by atoms with E-state index in [1.54, 1.807) is 20.2 Å². The second kappa shape index (κ2) is 6.78. The van der Waals surface area contributed by atoms with E-state index in [1.807, 2.05) is 18.2 Å². The quantitative estimate of drug-likeness (QED) is 0.771. The van der Waals surface area contributed by atoms with Gasteiger partial charge >= 0.3 is 0 Å². The van der Waals surface area contributed by atoms with Crippen LogP contribution in [0.3, 0.4) is 0 Å². The van der Waals surface area contributed by atoms with Gasteiger partial charge in [-0.1, -0.05) is 15.9 Å². The number of nitrogens with one attached hydrogen (secondary N) is 1. The molecule has 0 bridgehead atoms. The molecule has 0 saturated heterocycles. The number of benzene rings is 1. The van der Waals surface area contributed by atoms with E-state index in [0.29, 0.717) is 23.4 Å². The van der Waals surface area contributed by atoms with Gasteiger partial charge in [0.05, 0.1) is 19.4 Å². The summed E-state index contributed by atoms with van der Waals surface area (Å²) in [6.45, 7) is 1.94. The summed E-state index contributed by atoms with van der Waals surface area (Å²) in [5.41, 5.74) is 2.63. The third kappa shape index (κ3) is 3.65. The summed E-state index contributed by atoms with van der Waals surface area (Å²) >= 11 is 3.41. The molecular formula is C15H17BrN2O3. The monoisotopic (exact) mass is 352 g/mol. The molecule has 0 unspecified atom stereocenters. The van der Waals surface area contributed by atoms with Crippen LogP contribution < -0.4 is 10.1 Å². The van der Waals surface area contributed by atoms with E-state index in [2.05, 4.69) is 26.2 Å². The van der Waals surface area contributed by atoms with Crippen molar-refractivity contribution in [2.24, 2.45) is 0 Å². The number of nitrogens with zero attached hydrogens (tertiary/aromatic N) is 1. The van der Waals surface area contributed by atoms with Crippen LogP contribution in [0.4, 0.5) is 5.69 Å². The topological polar surface area (TPSA) is 74.6 Å². The number of halogens is 1. The Labute approximate surface area is 131 Å². The number of pyridine rings is 1. The summed E-state index contributed by atoms with van der Waals surface area (Å²) < 4.78 is 6.10. The third-order valence-corrected chi connectivity index (χ3v) is 3.63. The SMILES string of the molecule is COc1cc(Br)cc(NCc2c(CO)cnc(C)c2O)c1. The number of methoxy groups -OCH3 is 1. The first kappa shape index (κ1) is 15.6. The lowest BCUT2D eigenvalue weighted by Gasteiger charge is -2.14. The zero-order chi connectivity index (χ0) is 15.4. The molecule has 112 valence electrons. The molecule has 0 radical (unpaired) electrons. The van der Waals surface area contributed by atoms with Crippen LogP contribution in [0.5, 0.6) is 11.5 Å². The number of aliphatic hydroxyl groups excluding tert-OH is 1. The second-order valence-corrected chi connectivity index (χ2v) is 5.50. The molecule has 1 heterocycles. The molecule has 0 aliphatic heterocycles. The molecule has 0 amide bonds. The fourth-order valence-electron chi connectivity index (χ4n) is 1.99. The molecule has 0 aliphatic rings. The van der Waals surface area contributed by atoms with E-state index in [9.17, 15) is 10.2 Å². The lowest BCUT2D eigenvalue weighted by atomic mass is 10.1. The lowest BCUT2D eigenvalue weighted by Crippen LogP contribution is -2.05. The van der Waals surface area contributed by atoms with Crippen molar-refractivity contribution < 1.29 is 14.9 Å². The molecular weight excluding hydrogens is 336 g/mol. The second-order valence-electron chi connectivity index (χ2n) is 4.59. The molecule has 2 aromatic rings. The van der Waals surface area contributed by atoms with Crippen molar-refractivity contribution in [3.63, 3.8) is 0 Å². The van der Waals surface area contributed by atoms with Gasteiger partial charge in [0.1, 0.15) is 11.5 Å². The van der Waals surface area contributed by atoms with Gasteiger partial charge in [0.2, 0.25) is 0 Å². The highest BCUT2D eigenvalue weighted by atomic mass is 79.9. The maximum absolute atomic E-state index is 10.1. The minimum Gasteiger partial charge on any atom is -0.506 e. The number of rotatable bonds is 5. The van der Waals surface area contributed by atoms with Crippen LogP contribution in [0.15, 0.2) is 28.9 Å². The van der Waals surface area contributed by atoms with Gasteiger partial charge in [0, 0.05) is 40.1 Å². The number of hydrogen-bond acceptors (Lipinski definition) is 5. The Morgan fingerprint density at radius 2 is 2.10 bits per heavy atom. The minimum atomic E-state index is -0.167. The van der Waals surface area contributed by atoms with E-state index >= 15 is 0 Å². The summed E-state index contributed by atoms with van der Waals surface area (Å²) in [5, 5.41) is 22.7. The molecule has 5 nitrogen and oxygen atoms in total. The predicted octanol–water partition coefficient (Wildman–Crippen LogP) is 2.97. The fraction of sp³-hybridized carbons (Fsp3) is 0.267. The van der Waals surface area contributed by atoms with Gasteiger partial charge in [-0.2, -0.15) is 0 Å². The van der Waals surface area contributed by atoms with Crippen molar-refractivity contribution in [1.29, 1.82) is 0 Å². The highest BCUT2D eigenvalue weighted by molar-refractivity contribution is 9.10. The smallest absolute Gasteiger partial charge is 0.142 e. The Morgan fingerprint density at radius 3 is 2.76 bits per heavy atom. The molecule has 0 saturated carbocycles. The van der Waals surface area contributed by atoms with Crippen molar-refractivity contribution in [2.75, 3.05) is 12.4 Å². The van der Waals surface area contributed by atoms with Gasteiger partial charge in [-0.3, -0.25) is 4.98 Å². The van der Waals surface area contributed by atoms with Gasteiger partial charge in [-0.15, -0.1) is 0 Å². The van der Waals surface area contributed by atoms with Crippen LogP contribution in [-0.4, -0.2) is 22.3 Å². The summed E-state index contributed by atoms with van der Waals surface area (Å²) in [5.74, 6) is 0.834. The largest absolute Gasteiger partial charge is 0.506 e. The number of ether oxygens (including phenoxy) is 1. The lowest BCUT2D eigenvalue weighted by molar-refractivity contribution is 0.279. The maximum Gasteiger partial charge on any atom is 0.142 e. The fourth-order valence-corrected chi connectivity index (χ4v) is 2.46. The number of aliphatic hydroxyl groups is 1. The minimum absolute atomic E-state index is 0.107. The summed E-state index contributed by atoms with van der Waals surface area (Å²) in [7, 11) is 1.60. The van der Waals surface area contributed by atoms with Crippen LogP contribution in [0, 0.1) is 6.92 Å².